The fraction of sp³-hybridized carbons (Fsp3) is 0.105. The van der Waals surface area contributed by atoms with E-state index in [0.29, 0.717) is 17.1 Å². The van der Waals surface area contributed by atoms with Crippen LogP contribution >= 0.6 is 0 Å². The van der Waals surface area contributed by atoms with Gasteiger partial charge in [0, 0.05) is 5.69 Å². The van der Waals surface area contributed by atoms with Crippen molar-refractivity contribution in [3.8, 4) is 17.2 Å². The summed E-state index contributed by atoms with van der Waals surface area (Å²) < 4.78 is 19.5. The lowest BCUT2D eigenvalue weighted by atomic mass is 10.1. The van der Waals surface area contributed by atoms with Crippen molar-refractivity contribution >= 4 is 11.6 Å². The summed E-state index contributed by atoms with van der Waals surface area (Å²) in [5.41, 5.74) is 3.63. The number of halogens is 1. The molecule has 0 aliphatic rings. The first-order valence-electron chi connectivity index (χ1n) is 8.41. The van der Waals surface area contributed by atoms with Gasteiger partial charge in [0.05, 0.1) is 11.9 Å². The SMILES string of the molecule is Cc1cccc(NC(=O)c2nc(-c3cn(-c4ccc(F)cc4)nn3)no2)c1C. The molecule has 4 rings (SSSR count). The Morgan fingerprint density at radius 3 is 2.71 bits per heavy atom. The van der Waals surface area contributed by atoms with Crippen LogP contribution in [0.1, 0.15) is 21.8 Å². The van der Waals surface area contributed by atoms with Crippen molar-refractivity contribution < 1.29 is 13.7 Å². The Morgan fingerprint density at radius 1 is 1.14 bits per heavy atom. The van der Waals surface area contributed by atoms with E-state index in [0.717, 1.165) is 11.1 Å². The van der Waals surface area contributed by atoms with Crippen LogP contribution in [0.2, 0.25) is 0 Å². The Hall–Kier alpha value is -3.88. The molecule has 1 amide bonds. The van der Waals surface area contributed by atoms with Gasteiger partial charge < -0.3 is 9.84 Å². The van der Waals surface area contributed by atoms with Crippen molar-refractivity contribution in [3.05, 3.63) is 71.5 Å². The van der Waals surface area contributed by atoms with Crippen molar-refractivity contribution in [1.82, 2.24) is 25.1 Å². The van der Waals surface area contributed by atoms with Crippen LogP contribution in [0.3, 0.4) is 0 Å². The van der Waals surface area contributed by atoms with Gasteiger partial charge in [-0.15, -0.1) is 5.10 Å². The molecular formula is C19H15FN6O2. The lowest BCUT2D eigenvalue weighted by Crippen LogP contribution is -2.13. The zero-order valence-electron chi connectivity index (χ0n) is 15.0. The molecule has 28 heavy (non-hydrogen) atoms. The molecule has 0 radical (unpaired) electrons. The summed E-state index contributed by atoms with van der Waals surface area (Å²) in [5.74, 6) is -0.924. The maximum atomic E-state index is 13.0. The summed E-state index contributed by atoms with van der Waals surface area (Å²) in [4.78, 5) is 16.5. The number of amides is 1. The van der Waals surface area contributed by atoms with E-state index in [9.17, 15) is 9.18 Å². The molecule has 0 saturated carbocycles. The summed E-state index contributed by atoms with van der Waals surface area (Å²) in [7, 11) is 0. The zero-order valence-corrected chi connectivity index (χ0v) is 15.0. The van der Waals surface area contributed by atoms with Crippen LogP contribution in [0.5, 0.6) is 0 Å². The maximum Gasteiger partial charge on any atom is 0.316 e. The van der Waals surface area contributed by atoms with Gasteiger partial charge in [0.15, 0.2) is 5.69 Å². The van der Waals surface area contributed by atoms with E-state index in [1.165, 1.54) is 16.8 Å². The van der Waals surface area contributed by atoms with Gasteiger partial charge in [-0.3, -0.25) is 4.79 Å². The van der Waals surface area contributed by atoms with Gasteiger partial charge in [-0.05, 0) is 55.3 Å². The van der Waals surface area contributed by atoms with E-state index in [-0.39, 0.29) is 17.5 Å². The normalized spacial score (nSPS) is 10.8. The van der Waals surface area contributed by atoms with Crippen LogP contribution in [0, 0.1) is 19.7 Å². The Balaban J connectivity index is 1.54. The average molecular weight is 378 g/mol. The molecule has 0 aliphatic heterocycles. The quantitative estimate of drug-likeness (QED) is 0.585. The molecule has 2 aromatic heterocycles. The lowest BCUT2D eigenvalue weighted by molar-refractivity contribution is 0.0981. The number of hydrogen-bond donors (Lipinski definition) is 1. The zero-order chi connectivity index (χ0) is 19.7. The Bertz CT molecular complexity index is 1150. The molecule has 0 saturated heterocycles. The molecule has 2 heterocycles. The monoisotopic (exact) mass is 378 g/mol. The molecule has 9 heteroatoms. The third kappa shape index (κ3) is 3.37. The van der Waals surface area contributed by atoms with Gasteiger partial charge in [0.2, 0.25) is 5.82 Å². The minimum Gasteiger partial charge on any atom is -0.328 e. The largest absolute Gasteiger partial charge is 0.328 e. The highest BCUT2D eigenvalue weighted by Gasteiger charge is 2.19. The van der Waals surface area contributed by atoms with Crippen molar-refractivity contribution in [3.63, 3.8) is 0 Å². The summed E-state index contributed by atoms with van der Waals surface area (Å²) in [6, 6.07) is 11.4. The van der Waals surface area contributed by atoms with Crippen LogP contribution < -0.4 is 5.32 Å². The smallest absolute Gasteiger partial charge is 0.316 e. The van der Waals surface area contributed by atoms with Crippen molar-refractivity contribution in [2.45, 2.75) is 13.8 Å². The molecule has 4 aromatic rings. The predicted molar refractivity (Wildman–Crippen MR) is 98.5 cm³/mol. The van der Waals surface area contributed by atoms with Crippen molar-refractivity contribution in [2.24, 2.45) is 0 Å². The second-order valence-corrected chi connectivity index (χ2v) is 6.15. The third-order valence-corrected chi connectivity index (χ3v) is 4.29. The molecule has 0 atom stereocenters. The van der Waals surface area contributed by atoms with Crippen molar-refractivity contribution in [1.29, 1.82) is 0 Å². The van der Waals surface area contributed by atoms with E-state index >= 15 is 0 Å². The Kier molecular flexibility index (Phi) is 4.40. The fourth-order valence-electron chi connectivity index (χ4n) is 2.57. The van der Waals surface area contributed by atoms with E-state index in [1.54, 1.807) is 24.4 Å². The van der Waals surface area contributed by atoms with E-state index in [4.69, 9.17) is 4.52 Å². The minimum atomic E-state index is -0.515. The number of hydrogen-bond acceptors (Lipinski definition) is 6. The number of aromatic nitrogens is 5. The summed E-state index contributed by atoms with van der Waals surface area (Å²) >= 11 is 0. The highest BCUT2D eigenvalue weighted by Crippen LogP contribution is 2.20. The number of carbonyl (C=O) groups excluding carboxylic acids is 1. The van der Waals surface area contributed by atoms with Crippen molar-refractivity contribution in [2.75, 3.05) is 5.32 Å². The topological polar surface area (TPSA) is 98.7 Å². The van der Waals surface area contributed by atoms with Gasteiger partial charge in [0.25, 0.3) is 0 Å². The number of nitrogens with zero attached hydrogens (tertiary/aromatic N) is 5. The molecular weight excluding hydrogens is 363 g/mol. The van der Waals surface area contributed by atoms with Gasteiger partial charge in [0.1, 0.15) is 5.82 Å². The lowest BCUT2D eigenvalue weighted by Gasteiger charge is -2.08. The Morgan fingerprint density at radius 2 is 1.93 bits per heavy atom. The van der Waals surface area contributed by atoms with Crippen LogP contribution in [-0.4, -0.2) is 31.0 Å². The highest BCUT2D eigenvalue weighted by molar-refractivity contribution is 6.01. The van der Waals surface area contributed by atoms with Gasteiger partial charge in [-0.2, -0.15) is 4.98 Å². The number of carbonyl (C=O) groups is 1. The summed E-state index contributed by atoms with van der Waals surface area (Å²) in [6.45, 7) is 3.87. The van der Waals surface area contributed by atoms with E-state index < -0.39 is 5.91 Å². The molecule has 0 spiro atoms. The number of benzene rings is 2. The van der Waals surface area contributed by atoms with Gasteiger partial charge >= 0.3 is 11.8 Å². The summed E-state index contributed by atoms with van der Waals surface area (Å²) in [6.07, 6.45) is 1.56. The molecule has 0 bridgehead atoms. The number of anilines is 1. The average Bonchev–Trinajstić information content (AvgIpc) is 3.35. The first-order valence-corrected chi connectivity index (χ1v) is 8.41. The van der Waals surface area contributed by atoms with Crippen LogP contribution in [0.25, 0.3) is 17.2 Å². The molecule has 1 N–H and O–H groups in total. The van der Waals surface area contributed by atoms with E-state index in [2.05, 4.69) is 25.8 Å². The molecule has 0 unspecified atom stereocenters. The first-order chi connectivity index (χ1) is 13.5. The summed E-state index contributed by atoms with van der Waals surface area (Å²) in [5, 5.41) is 14.5. The molecule has 8 nitrogen and oxygen atoms in total. The first kappa shape index (κ1) is 17.5. The molecule has 140 valence electrons. The maximum absolute atomic E-state index is 13.0. The van der Waals surface area contributed by atoms with Gasteiger partial charge in [-0.1, -0.05) is 22.5 Å². The number of aryl methyl sites for hydroxylation is 1. The number of rotatable bonds is 4. The molecule has 0 fully saturated rings. The second-order valence-electron chi connectivity index (χ2n) is 6.15. The van der Waals surface area contributed by atoms with Crippen LogP contribution in [0.15, 0.2) is 53.2 Å². The fourth-order valence-corrected chi connectivity index (χ4v) is 2.57. The molecule has 0 aliphatic carbocycles. The predicted octanol–water partition coefficient (Wildman–Crippen LogP) is 3.33. The number of nitrogens with one attached hydrogen (secondary N) is 1. The van der Waals surface area contributed by atoms with E-state index in [1.807, 2.05) is 26.0 Å². The van der Waals surface area contributed by atoms with Crippen LogP contribution in [0.4, 0.5) is 10.1 Å². The highest BCUT2D eigenvalue weighted by atomic mass is 19.1. The van der Waals surface area contributed by atoms with Crippen LogP contribution in [-0.2, 0) is 0 Å². The molecule has 2 aromatic carbocycles. The third-order valence-electron chi connectivity index (χ3n) is 4.29. The van der Waals surface area contributed by atoms with Gasteiger partial charge in [-0.25, -0.2) is 9.07 Å². The standard InChI is InChI=1S/C19H15FN6O2/c1-11-4-3-5-15(12(11)2)21-18(27)19-22-17(24-28-19)16-10-26(25-23-16)14-8-6-13(20)7-9-14/h3-10H,1-2H3,(H,21,27). The minimum absolute atomic E-state index is 0.125. The Labute approximate surface area is 159 Å². The second kappa shape index (κ2) is 7.03.